The quantitative estimate of drug-likeness (QED) is 0.909. The smallest absolute Gasteiger partial charge is 0.124 e. The first-order chi connectivity index (χ1) is 9.13. The van der Waals surface area contributed by atoms with Gasteiger partial charge in [0.25, 0.3) is 0 Å². The van der Waals surface area contributed by atoms with Crippen molar-refractivity contribution in [2.45, 2.75) is 26.8 Å². The van der Waals surface area contributed by atoms with Gasteiger partial charge in [-0.2, -0.15) is 0 Å². The van der Waals surface area contributed by atoms with Crippen LogP contribution in [0.25, 0.3) is 0 Å². The van der Waals surface area contributed by atoms with Gasteiger partial charge in [-0.25, -0.2) is 0 Å². The molecule has 0 aliphatic rings. The summed E-state index contributed by atoms with van der Waals surface area (Å²) in [6, 6.07) is 12.8. The van der Waals surface area contributed by atoms with Crippen molar-refractivity contribution in [1.29, 1.82) is 0 Å². The van der Waals surface area contributed by atoms with Crippen LogP contribution in [0.4, 0.5) is 0 Å². The number of aryl methyl sites for hydroxylation is 2. The van der Waals surface area contributed by atoms with Gasteiger partial charge in [-0.15, -0.1) is 0 Å². The van der Waals surface area contributed by atoms with Crippen molar-refractivity contribution in [2.24, 2.45) is 5.73 Å². The summed E-state index contributed by atoms with van der Waals surface area (Å²) in [6.45, 7) is 4.77. The number of nitrogens with two attached hydrogens (primary N) is 1. The average Bonchev–Trinajstić information content (AvgIpc) is 2.38. The van der Waals surface area contributed by atoms with E-state index < -0.39 is 0 Å². The number of ether oxygens (including phenoxy) is 1. The van der Waals surface area contributed by atoms with Crippen LogP contribution in [0.2, 0.25) is 0 Å². The van der Waals surface area contributed by atoms with Crippen LogP contribution in [0.1, 0.15) is 27.8 Å². The monoisotopic (exact) mass is 255 g/mol. The molecule has 0 bridgehead atoms. The Bertz CT molecular complexity index is 552. The van der Waals surface area contributed by atoms with Gasteiger partial charge < -0.3 is 10.5 Å². The Labute approximate surface area is 115 Å². The van der Waals surface area contributed by atoms with E-state index in [1.165, 1.54) is 27.8 Å². The van der Waals surface area contributed by atoms with Gasteiger partial charge in [-0.3, -0.25) is 0 Å². The van der Waals surface area contributed by atoms with Gasteiger partial charge in [0.15, 0.2) is 0 Å². The Balaban J connectivity index is 2.28. The van der Waals surface area contributed by atoms with Crippen LogP contribution in [0.5, 0.6) is 5.75 Å². The van der Waals surface area contributed by atoms with Crippen LogP contribution >= 0.6 is 0 Å². The third kappa shape index (κ3) is 3.15. The number of hydrogen-bond donors (Lipinski definition) is 1. The maximum atomic E-state index is 5.68. The largest absolute Gasteiger partial charge is 0.496 e. The van der Waals surface area contributed by atoms with Gasteiger partial charge in [0.2, 0.25) is 0 Å². The van der Waals surface area contributed by atoms with E-state index in [0.717, 1.165) is 12.2 Å². The molecule has 0 aliphatic heterocycles. The maximum Gasteiger partial charge on any atom is 0.124 e. The molecule has 2 N–H and O–H groups in total. The van der Waals surface area contributed by atoms with Crippen molar-refractivity contribution in [3.05, 3.63) is 64.2 Å². The zero-order valence-corrected chi connectivity index (χ0v) is 11.9. The van der Waals surface area contributed by atoms with Gasteiger partial charge in [0, 0.05) is 6.54 Å². The predicted octanol–water partition coefficient (Wildman–Crippen LogP) is 3.36. The van der Waals surface area contributed by atoms with E-state index in [-0.39, 0.29) is 0 Å². The molecule has 0 spiro atoms. The minimum Gasteiger partial charge on any atom is -0.496 e. The molecular formula is C17H21NO. The van der Waals surface area contributed by atoms with Gasteiger partial charge >= 0.3 is 0 Å². The molecule has 2 heteroatoms. The Hall–Kier alpha value is -1.80. The Morgan fingerprint density at radius 1 is 0.947 bits per heavy atom. The first kappa shape index (κ1) is 13.6. The second kappa shape index (κ2) is 5.89. The molecule has 0 unspecified atom stereocenters. The van der Waals surface area contributed by atoms with Gasteiger partial charge in [0.1, 0.15) is 5.75 Å². The first-order valence-electron chi connectivity index (χ1n) is 6.56. The van der Waals surface area contributed by atoms with Crippen molar-refractivity contribution in [1.82, 2.24) is 0 Å². The zero-order valence-electron chi connectivity index (χ0n) is 11.9. The predicted molar refractivity (Wildman–Crippen MR) is 79.6 cm³/mol. The molecular weight excluding hydrogens is 234 g/mol. The lowest BCUT2D eigenvalue weighted by Crippen LogP contribution is -1.98. The lowest BCUT2D eigenvalue weighted by Gasteiger charge is -2.11. The molecule has 0 heterocycles. The van der Waals surface area contributed by atoms with Crippen LogP contribution in [0.3, 0.4) is 0 Å². The minimum absolute atomic E-state index is 0.592. The van der Waals surface area contributed by atoms with Crippen molar-refractivity contribution in [3.8, 4) is 5.75 Å². The summed E-state index contributed by atoms with van der Waals surface area (Å²) < 4.78 is 5.40. The third-order valence-corrected chi connectivity index (χ3v) is 3.36. The van der Waals surface area contributed by atoms with Crippen LogP contribution < -0.4 is 10.5 Å². The lowest BCUT2D eigenvalue weighted by molar-refractivity contribution is 0.408. The van der Waals surface area contributed by atoms with Crippen molar-refractivity contribution >= 4 is 0 Å². The highest BCUT2D eigenvalue weighted by molar-refractivity contribution is 5.44. The highest BCUT2D eigenvalue weighted by Crippen LogP contribution is 2.25. The minimum atomic E-state index is 0.592. The summed E-state index contributed by atoms with van der Waals surface area (Å²) in [5, 5.41) is 0. The highest BCUT2D eigenvalue weighted by Gasteiger charge is 2.06. The summed E-state index contributed by atoms with van der Waals surface area (Å²) >= 11 is 0. The fourth-order valence-electron chi connectivity index (χ4n) is 2.57. The Morgan fingerprint density at radius 3 is 2.16 bits per heavy atom. The zero-order chi connectivity index (χ0) is 13.8. The van der Waals surface area contributed by atoms with Crippen LogP contribution in [0.15, 0.2) is 36.4 Å². The summed E-state index contributed by atoms with van der Waals surface area (Å²) in [5.74, 6) is 0.986. The summed E-state index contributed by atoms with van der Waals surface area (Å²) in [7, 11) is 1.72. The molecule has 2 aromatic rings. The first-order valence-corrected chi connectivity index (χ1v) is 6.56. The van der Waals surface area contributed by atoms with E-state index in [1.54, 1.807) is 7.11 Å². The number of benzene rings is 2. The molecule has 0 aliphatic carbocycles. The fourth-order valence-corrected chi connectivity index (χ4v) is 2.57. The summed E-state index contributed by atoms with van der Waals surface area (Å²) in [5.41, 5.74) is 11.8. The normalized spacial score (nSPS) is 10.5. The van der Waals surface area contributed by atoms with E-state index >= 15 is 0 Å². The Morgan fingerprint density at radius 2 is 1.58 bits per heavy atom. The molecule has 0 atom stereocenters. The lowest BCUT2D eigenvalue weighted by atomic mass is 9.99. The molecule has 0 amide bonds. The molecule has 2 rings (SSSR count). The molecule has 0 saturated heterocycles. The van der Waals surface area contributed by atoms with Gasteiger partial charge in [-0.05, 0) is 48.1 Å². The number of hydrogen-bond acceptors (Lipinski definition) is 2. The van der Waals surface area contributed by atoms with E-state index in [4.69, 9.17) is 10.5 Å². The summed E-state index contributed by atoms with van der Waals surface area (Å²) in [4.78, 5) is 0. The highest BCUT2D eigenvalue weighted by atomic mass is 16.5. The van der Waals surface area contributed by atoms with E-state index in [2.05, 4.69) is 50.2 Å². The average molecular weight is 255 g/mol. The van der Waals surface area contributed by atoms with Crippen LogP contribution in [-0.4, -0.2) is 7.11 Å². The van der Waals surface area contributed by atoms with E-state index in [9.17, 15) is 0 Å². The number of rotatable bonds is 4. The molecule has 0 radical (unpaired) electrons. The molecule has 2 aromatic carbocycles. The molecule has 0 saturated carbocycles. The summed E-state index contributed by atoms with van der Waals surface area (Å²) in [6.07, 6.45) is 0.930. The molecule has 0 aromatic heterocycles. The third-order valence-electron chi connectivity index (χ3n) is 3.36. The van der Waals surface area contributed by atoms with E-state index in [0.29, 0.717) is 6.54 Å². The molecule has 2 nitrogen and oxygen atoms in total. The molecule has 19 heavy (non-hydrogen) atoms. The molecule has 100 valence electrons. The topological polar surface area (TPSA) is 35.2 Å². The van der Waals surface area contributed by atoms with Crippen molar-refractivity contribution < 1.29 is 4.74 Å². The second-order valence-corrected chi connectivity index (χ2v) is 4.96. The maximum absolute atomic E-state index is 5.68. The van der Waals surface area contributed by atoms with E-state index in [1.807, 2.05) is 0 Å². The Kier molecular flexibility index (Phi) is 4.23. The number of methoxy groups -OCH3 is 1. The second-order valence-electron chi connectivity index (χ2n) is 4.96. The SMILES string of the molecule is COc1c(C)cc(Cc2cccc(CN)c2)cc1C. The standard InChI is InChI=1S/C17H21NO/c1-12-7-16(8-13(2)17(12)19-3)10-14-5-4-6-15(9-14)11-18/h4-9H,10-11,18H2,1-3H3. The molecule has 0 fully saturated rings. The van der Waals surface area contributed by atoms with Crippen molar-refractivity contribution in [2.75, 3.05) is 7.11 Å². The van der Waals surface area contributed by atoms with Crippen molar-refractivity contribution in [3.63, 3.8) is 0 Å². The van der Waals surface area contributed by atoms with Crippen LogP contribution in [0, 0.1) is 13.8 Å². The fraction of sp³-hybridized carbons (Fsp3) is 0.294. The van der Waals surface area contributed by atoms with Gasteiger partial charge in [-0.1, -0.05) is 36.4 Å². The van der Waals surface area contributed by atoms with Gasteiger partial charge in [0.05, 0.1) is 7.11 Å². The van der Waals surface area contributed by atoms with Crippen LogP contribution in [-0.2, 0) is 13.0 Å².